The Hall–Kier alpha value is -2.12. The molecule has 0 heterocycles. The number of aliphatic hydroxyl groups is 1. The molecule has 7 nitrogen and oxygen atoms in total. The molecule has 0 amide bonds. The zero-order valence-corrected chi connectivity index (χ0v) is 9.71. The zero-order valence-electron chi connectivity index (χ0n) is 9.71. The highest BCUT2D eigenvalue weighted by Crippen LogP contribution is 2.22. The molecule has 0 aliphatic carbocycles. The Labute approximate surface area is 103 Å². The van der Waals surface area contributed by atoms with E-state index in [1.165, 1.54) is 18.2 Å². The Balaban J connectivity index is 3.11. The molecule has 1 unspecified atom stereocenters. The molecular formula is C11H14N2O5. The number of rotatable bonds is 5. The van der Waals surface area contributed by atoms with Gasteiger partial charge < -0.3 is 20.4 Å². The Bertz CT molecular complexity index is 461. The third-order valence-electron chi connectivity index (χ3n) is 2.24. The highest BCUT2D eigenvalue weighted by Gasteiger charge is 2.19. The molecule has 0 saturated carbocycles. The number of carboxylic acids is 1. The lowest BCUT2D eigenvalue weighted by Gasteiger charge is -2.12. The van der Waals surface area contributed by atoms with Crippen LogP contribution >= 0.6 is 0 Å². The molecule has 0 aliphatic heterocycles. The van der Waals surface area contributed by atoms with Crippen molar-refractivity contribution in [3.05, 3.63) is 29.3 Å². The SMILES string of the molecule is CCOC(=O)c1ccc(C(O)C(=O)O)cc1NN. The molecule has 7 heteroatoms. The molecule has 0 aliphatic rings. The number of anilines is 1. The molecule has 1 atom stereocenters. The van der Waals surface area contributed by atoms with Gasteiger partial charge in [0.25, 0.3) is 0 Å². The number of esters is 1. The second kappa shape index (κ2) is 5.99. The van der Waals surface area contributed by atoms with Crippen molar-refractivity contribution in [3.8, 4) is 0 Å². The van der Waals surface area contributed by atoms with Crippen LogP contribution in [0.25, 0.3) is 0 Å². The molecule has 1 aromatic carbocycles. The van der Waals surface area contributed by atoms with Crippen LogP contribution in [0.4, 0.5) is 5.69 Å². The van der Waals surface area contributed by atoms with E-state index in [0.29, 0.717) is 0 Å². The van der Waals surface area contributed by atoms with E-state index in [1.54, 1.807) is 6.92 Å². The van der Waals surface area contributed by atoms with Gasteiger partial charge in [0.15, 0.2) is 6.10 Å². The predicted octanol–water partition coefficient (Wildman–Crippen LogP) is 0.267. The lowest BCUT2D eigenvalue weighted by molar-refractivity contribution is -0.146. The lowest BCUT2D eigenvalue weighted by atomic mass is 10.0. The van der Waals surface area contributed by atoms with E-state index in [9.17, 15) is 14.7 Å². The van der Waals surface area contributed by atoms with E-state index >= 15 is 0 Å². The second-order valence-corrected chi connectivity index (χ2v) is 3.41. The highest BCUT2D eigenvalue weighted by molar-refractivity contribution is 5.96. The first-order valence-electron chi connectivity index (χ1n) is 5.19. The van der Waals surface area contributed by atoms with Crippen molar-refractivity contribution in [2.75, 3.05) is 12.0 Å². The third-order valence-corrected chi connectivity index (χ3v) is 2.24. The van der Waals surface area contributed by atoms with Crippen LogP contribution in [0.5, 0.6) is 0 Å². The van der Waals surface area contributed by atoms with Crippen LogP contribution in [0.1, 0.15) is 28.9 Å². The molecule has 18 heavy (non-hydrogen) atoms. The number of benzene rings is 1. The van der Waals surface area contributed by atoms with Gasteiger partial charge in [-0.2, -0.15) is 0 Å². The van der Waals surface area contributed by atoms with Crippen molar-refractivity contribution in [2.24, 2.45) is 5.84 Å². The molecular weight excluding hydrogens is 240 g/mol. The van der Waals surface area contributed by atoms with E-state index < -0.39 is 18.0 Å². The monoisotopic (exact) mass is 254 g/mol. The maximum Gasteiger partial charge on any atom is 0.340 e. The summed E-state index contributed by atoms with van der Waals surface area (Å²) in [7, 11) is 0. The molecule has 1 rings (SSSR count). The summed E-state index contributed by atoms with van der Waals surface area (Å²) < 4.78 is 4.80. The van der Waals surface area contributed by atoms with Gasteiger partial charge in [0, 0.05) is 0 Å². The number of aliphatic carboxylic acids is 1. The smallest absolute Gasteiger partial charge is 0.340 e. The van der Waals surface area contributed by atoms with E-state index in [4.69, 9.17) is 15.7 Å². The maximum atomic E-state index is 11.5. The molecule has 5 N–H and O–H groups in total. The van der Waals surface area contributed by atoms with Gasteiger partial charge in [0.1, 0.15) is 0 Å². The standard InChI is InChI=1S/C11H14N2O5/c1-2-18-11(17)7-4-3-6(5-8(7)13-12)9(14)10(15)16/h3-5,9,13-14H,2,12H2,1H3,(H,15,16). The van der Waals surface area contributed by atoms with Crippen LogP contribution in [-0.4, -0.2) is 28.8 Å². The first-order valence-corrected chi connectivity index (χ1v) is 5.19. The fourth-order valence-corrected chi connectivity index (χ4v) is 1.38. The Morgan fingerprint density at radius 1 is 1.50 bits per heavy atom. The first kappa shape index (κ1) is 13.9. The van der Waals surface area contributed by atoms with Gasteiger partial charge in [-0.1, -0.05) is 6.07 Å². The third kappa shape index (κ3) is 2.96. The van der Waals surface area contributed by atoms with Gasteiger partial charge in [0.2, 0.25) is 0 Å². The summed E-state index contributed by atoms with van der Waals surface area (Å²) in [4.78, 5) is 22.2. The Morgan fingerprint density at radius 3 is 2.67 bits per heavy atom. The minimum atomic E-state index is -1.67. The van der Waals surface area contributed by atoms with Gasteiger partial charge in [-0.05, 0) is 24.6 Å². The van der Waals surface area contributed by atoms with Crippen molar-refractivity contribution < 1.29 is 24.5 Å². The number of nitrogens with two attached hydrogens (primary N) is 1. The average Bonchev–Trinajstić information content (AvgIpc) is 2.37. The number of hydrogen-bond acceptors (Lipinski definition) is 6. The van der Waals surface area contributed by atoms with Crippen molar-refractivity contribution in [2.45, 2.75) is 13.0 Å². The van der Waals surface area contributed by atoms with Crippen molar-refractivity contribution in [1.29, 1.82) is 0 Å². The fraction of sp³-hybridized carbons (Fsp3) is 0.273. The molecule has 0 radical (unpaired) electrons. The molecule has 0 bridgehead atoms. The number of ether oxygens (including phenoxy) is 1. The maximum absolute atomic E-state index is 11.5. The molecule has 0 saturated heterocycles. The molecule has 1 aromatic rings. The second-order valence-electron chi connectivity index (χ2n) is 3.41. The summed E-state index contributed by atoms with van der Waals surface area (Å²) in [5, 5.41) is 18.0. The molecule has 98 valence electrons. The predicted molar refractivity (Wildman–Crippen MR) is 62.8 cm³/mol. The zero-order chi connectivity index (χ0) is 13.7. The number of hydrogen-bond donors (Lipinski definition) is 4. The Morgan fingerprint density at radius 2 is 2.17 bits per heavy atom. The number of nitrogens with one attached hydrogen (secondary N) is 1. The van der Waals surface area contributed by atoms with Gasteiger partial charge in [-0.15, -0.1) is 0 Å². The number of carboxylic acid groups (broad SMARTS) is 1. The van der Waals surface area contributed by atoms with Crippen LogP contribution in [0, 0.1) is 0 Å². The highest BCUT2D eigenvalue weighted by atomic mass is 16.5. The summed E-state index contributed by atoms with van der Waals surface area (Å²) in [6, 6.07) is 3.95. The molecule has 0 spiro atoms. The van der Waals surface area contributed by atoms with Gasteiger partial charge in [-0.25, -0.2) is 9.59 Å². The van der Waals surface area contributed by atoms with Crippen LogP contribution in [0.2, 0.25) is 0 Å². The quantitative estimate of drug-likeness (QED) is 0.338. The van der Waals surface area contributed by atoms with Crippen molar-refractivity contribution >= 4 is 17.6 Å². The molecule has 0 aromatic heterocycles. The summed E-state index contributed by atoms with van der Waals surface area (Å²) >= 11 is 0. The van der Waals surface area contributed by atoms with E-state index in [2.05, 4.69) is 5.43 Å². The number of aliphatic hydroxyl groups excluding tert-OH is 1. The topological polar surface area (TPSA) is 122 Å². The fourth-order valence-electron chi connectivity index (χ4n) is 1.38. The summed E-state index contributed by atoms with van der Waals surface area (Å²) in [6.45, 7) is 1.87. The van der Waals surface area contributed by atoms with E-state index in [0.717, 1.165) is 0 Å². The summed E-state index contributed by atoms with van der Waals surface area (Å²) in [6.07, 6.45) is -1.67. The van der Waals surface area contributed by atoms with Crippen LogP contribution < -0.4 is 11.3 Å². The Kier molecular flexibility index (Phi) is 4.64. The van der Waals surface area contributed by atoms with Crippen molar-refractivity contribution in [3.63, 3.8) is 0 Å². The van der Waals surface area contributed by atoms with Gasteiger partial charge >= 0.3 is 11.9 Å². The summed E-state index contributed by atoms with van der Waals surface area (Å²) in [5.74, 6) is 3.27. The number of nitrogen functional groups attached to an aromatic ring is 1. The lowest BCUT2D eigenvalue weighted by Crippen LogP contribution is -2.16. The first-order chi connectivity index (χ1) is 8.51. The van der Waals surface area contributed by atoms with E-state index in [1.807, 2.05) is 0 Å². The molecule has 0 fully saturated rings. The number of carbonyl (C=O) groups excluding carboxylic acids is 1. The van der Waals surface area contributed by atoms with Crippen LogP contribution in [-0.2, 0) is 9.53 Å². The van der Waals surface area contributed by atoms with Crippen LogP contribution in [0.3, 0.4) is 0 Å². The number of carbonyl (C=O) groups is 2. The normalized spacial score (nSPS) is 11.7. The van der Waals surface area contributed by atoms with Crippen LogP contribution in [0.15, 0.2) is 18.2 Å². The van der Waals surface area contributed by atoms with Crippen molar-refractivity contribution in [1.82, 2.24) is 0 Å². The van der Waals surface area contributed by atoms with Gasteiger partial charge in [0.05, 0.1) is 17.9 Å². The largest absolute Gasteiger partial charge is 0.479 e. The average molecular weight is 254 g/mol. The van der Waals surface area contributed by atoms with E-state index in [-0.39, 0.29) is 23.4 Å². The minimum Gasteiger partial charge on any atom is -0.479 e. The number of hydrazine groups is 1. The minimum absolute atomic E-state index is 0.114. The van der Waals surface area contributed by atoms with Gasteiger partial charge in [-0.3, -0.25) is 5.84 Å². The summed E-state index contributed by atoms with van der Waals surface area (Å²) in [5.41, 5.74) is 2.73.